The van der Waals surface area contributed by atoms with Gasteiger partial charge in [-0.2, -0.15) is 0 Å². The zero-order valence-electron chi connectivity index (χ0n) is 9.78. The number of allylic oxidation sites excluding steroid dienone is 1. The summed E-state index contributed by atoms with van der Waals surface area (Å²) in [7, 11) is 0. The first kappa shape index (κ1) is 11.7. The molecule has 1 saturated carbocycles. The first-order valence-electron chi connectivity index (χ1n) is 5.95. The lowest BCUT2D eigenvalue weighted by Gasteiger charge is -2.04. The molecule has 0 spiro atoms. The highest BCUT2D eigenvalue weighted by Crippen LogP contribution is 2.21. The summed E-state index contributed by atoms with van der Waals surface area (Å²) in [5.74, 6) is 1.07. The molecule has 0 amide bonds. The molecular weight excluding hydrogens is 214 g/mol. The van der Waals surface area contributed by atoms with Gasteiger partial charge in [0.05, 0.1) is 0 Å². The third-order valence-corrected chi connectivity index (χ3v) is 3.64. The van der Waals surface area contributed by atoms with Crippen LogP contribution in [0.3, 0.4) is 0 Å². The fourth-order valence-corrected chi connectivity index (χ4v) is 2.30. The molecule has 1 aliphatic rings. The number of thioether (sulfide) groups is 1. The Kier molecular flexibility index (Phi) is 4.49. The molecule has 1 aliphatic carbocycles. The summed E-state index contributed by atoms with van der Waals surface area (Å²) in [4.78, 5) is 1.35. The second-order valence-corrected chi connectivity index (χ2v) is 5.27. The molecule has 1 fully saturated rings. The van der Waals surface area contributed by atoms with Crippen molar-refractivity contribution in [2.24, 2.45) is 0 Å². The Hall–Kier alpha value is -0.730. The lowest BCUT2D eigenvalue weighted by molar-refractivity contribution is 0.687. The molecule has 1 aromatic rings. The Balaban J connectivity index is 1.78. The van der Waals surface area contributed by atoms with Crippen LogP contribution in [0.2, 0.25) is 0 Å². The summed E-state index contributed by atoms with van der Waals surface area (Å²) in [6.07, 6.45) is 7.00. The maximum absolute atomic E-state index is 3.53. The van der Waals surface area contributed by atoms with Gasteiger partial charge in [-0.25, -0.2) is 0 Å². The molecule has 0 bridgehead atoms. The Morgan fingerprint density at radius 2 is 2.06 bits per heavy atom. The topological polar surface area (TPSA) is 12.0 Å². The molecule has 0 aromatic heterocycles. The molecule has 0 radical (unpaired) electrons. The molecule has 2 heteroatoms. The lowest BCUT2D eigenvalue weighted by atomic mass is 10.2. The fourth-order valence-electron chi connectivity index (χ4n) is 1.49. The van der Waals surface area contributed by atoms with Crippen molar-refractivity contribution in [3.8, 4) is 0 Å². The quantitative estimate of drug-likeness (QED) is 0.595. The highest BCUT2D eigenvalue weighted by Gasteiger charge is 2.19. The third-order valence-electron chi connectivity index (χ3n) is 2.68. The zero-order valence-corrected chi connectivity index (χ0v) is 10.6. The van der Waals surface area contributed by atoms with Crippen LogP contribution in [0.1, 0.15) is 25.3 Å². The van der Waals surface area contributed by atoms with Crippen LogP contribution >= 0.6 is 11.8 Å². The number of benzene rings is 1. The van der Waals surface area contributed by atoms with Crippen LogP contribution in [-0.4, -0.2) is 11.8 Å². The smallest absolute Gasteiger partial charge is 0.0208 e. The van der Waals surface area contributed by atoms with Gasteiger partial charge < -0.3 is 5.32 Å². The minimum atomic E-state index is 0.795. The van der Waals surface area contributed by atoms with Gasteiger partial charge in [0.1, 0.15) is 0 Å². The van der Waals surface area contributed by atoms with Gasteiger partial charge in [-0.05, 0) is 37.5 Å². The molecule has 86 valence electrons. The van der Waals surface area contributed by atoms with Gasteiger partial charge in [-0.1, -0.05) is 24.3 Å². The van der Waals surface area contributed by atoms with Crippen LogP contribution in [0, 0.1) is 0 Å². The molecule has 16 heavy (non-hydrogen) atoms. The molecule has 0 heterocycles. The fraction of sp³-hybridized carbons (Fsp3) is 0.429. The van der Waals surface area contributed by atoms with Gasteiger partial charge in [0.25, 0.3) is 0 Å². The van der Waals surface area contributed by atoms with Gasteiger partial charge in [-0.3, -0.25) is 0 Å². The Morgan fingerprint density at radius 3 is 2.69 bits per heavy atom. The van der Waals surface area contributed by atoms with Crippen LogP contribution in [0.15, 0.2) is 41.3 Å². The van der Waals surface area contributed by atoms with Crippen molar-refractivity contribution in [1.29, 1.82) is 0 Å². The molecule has 0 atom stereocenters. The van der Waals surface area contributed by atoms with Crippen molar-refractivity contribution >= 4 is 11.8 Å². The van der Waals surface area contributed by atoms with E-state index in [4.69, 9.17) is 0 Å². The van der Waals surface area contributed by atoms with Crippen LogP contribution < -0.4 is 5.32 Å². The predicted molar refractivity (Wildman–Crippen MR) is 71.8 cm³/mol. The number of rotatable bonds is 6. The minimum absolute atomic E-state index is 0.795. The maximum atomic E-state index is 3.53. The van der Waals surface area contributed by atoms with E-state index in [2.05, 4.69) is 48.7 Å². The van der Waals surface area contributed by atoms with E-state index in [0.717, 1.165) is 18.3 Å². The van der Waals surface area contributed by atoms with Crippen molar-refractivity contribution < 1.29 is 0 Å². The Morgan fingerprint density at radius 1 is 1.31 bits per heavy atom. The van der Waals surface area contributed by atoms with Crippen molar-refractivity contribution in [1.82, 2.24) is 5.32 Å². The SMILES string of the molecule is C/C=C/CSc1ccc(CNC2CC2)cc1. The van der Waals surface area contributed by atoms with E-state index in [0.29, 0.717) is 0 Å². The first-order valence-corrected chi connectivity index (χ1v) is 6.93. The van der Waals surface area contributed by atoms with E-state index in [9.17, 15) is 0 Å². The highest BCUT2D eigenvalue weighted by molar-refractivity contribution is 7.99. The summed E-state index contributed by atoms with van der Waals surface area (Å²) in [6.45, 7) is 3.08. The summed E-state index contributed by atoms with van der Waals surface area (Å²) in [5.41, 5.74) is 1.39. The van der Waals surface area contributed by atoms with Gasteiger partial charge >= 0.3 is 0 Å². The number of hydrogen-bond donors (Lipinski definition) is 1. The molecule has 0 saturated heterocycles. The first-order chi connectivity index (χ1) is 7.88. The van der Waals surface area contributed by atoms with Crippen LogP contribution in [0.5, 0.6) is 0 Å². The molecule has 1 N–H and O–H groups in total. The van der Waals surface area contributed by atoms with E-state index < -0.39 is 0 Å². The van der Waals surface area contributed by atoms with Crippen LogP contribution in [0.4, 0.5) is 0 Å². The lowest BCUT2D eigenvalue weighted by Crippen LogP contribution is -2.14. The van der Waals surface area contributed by atoms with Gasteiger partial charge in [0.15, 0.2) is 0 Å². The van der Waals surface area contributed by atoms with E-state index in [1.807, 2.05) is 11.8 Å². The van der Waals surface area contributed by atoms with Crippen molar-refractivity contribution in [3.63, 3.8) is 0 Å². The zero-order chi connectivity index (χ0) is 11.2. The second kappa shape index (κ2) is 6.12. The summed E-state index contributed by atoms with van der Waals surface area (Å²) >= 11 is 1.88. The largest absolute Gasteiger partial charge is 0.310 e. The Bertz CT molecular complexity index is 338. The normalized spacial score (nSPS) is 15.8. The van der Waals surface area contributed by atoms with Crippen molar-refractivity contribution in [2.75, 3.05) is 5.75 Å². The van der Waals surface area contributed by atoms with E-state index in [1.165, 1.54) is 23.3 Å². The van der Waals surface area contributed by atoms with E-state index in [-0.39, 0.29) is 0 Å². The Labute approximate surface area is 102 Å². The standard InChI is InChI=1S/C14H19NS/c1-2-3-10-16-14-8-4-12(5-9-14)11-15-13-6-7-13/h2-5,8-9,13,15H,6-7,10-11H2,1H3/b3-2+. The van der Waals surface area contributed by atoms with Crippen LogP contribution in [-0.2, 0) is 6.54 Å². The molecule has 1 nitrogen and oxygen atoms in total. The maximum Gasteiger partial charge on any atom is 0.0208 e. The molecule has 2 rings (SSSR count). The molecular formula is C14H19NS. The second-order valence-electron chi connectivity index (χ2n) is 4.18. The molecule has 1 aromatic carbocycles. The summed E-state index contributed by atoms with van der Waals surface area (Å²) in [5, 5.41) is 3.53. The van der Waals surface area contributed by atoms with Crippen molar-refractivity contribution in [3.05, 3.63) is 42.0 Å². The molecule has 0 aliphatic heterocycles. The van der Waals surface area contributed by atoms with E-state index >= 15 is 0 Å². The highest BCUT2D eigenvalue weighted by atomic mass is 32.2. The van der Waals surface area contributed by atoms with Crippen LogP contribution in [0.25, 0.3) is 0 Å². The van der Waals surface area contributed by atoms with Gasteiger partial charge in [0, 0.05) is 23.2 Å². The summed E-state index contributed by atoms with van der Waals surface area (Å²) in [6, 6.07) is 9.69. The molecule has 0 unspecified atom stereocenters. The number of nitrogens with one attached hydrogen (secondary N) is 1. The van der Waals surface area contributed by atoms with Gasteiger partial charge in [0.2, 0.25) is 0 Å². The van der Waals surface area contributed by atoms with Gasteiger partial charge in [-0.15, -0.1) is 11.8 Å². The average Bonchev–Trinajstić information content (AvgIpc) is 3.12. The predicted octanol–water partition coefficient (Wildman–Crippen LogP) is 3.61. The number of hydrogen-bond acceptors (Lipinski definition) is 2. The van der Waals surface area contributed by atoms with Crippen molar-refractivity contribution in [2.45, 2.75) is 37.2 Å². The monoisotopic (exact) mass is 233 g/mol. The third kappa shape index (κ3) is 4.03. The van der Waals surface area contributed by atoms with E-state index in [1.54, 1.807) is 0 Å². The average molecular weight is 233 g/mol. The minimum Gasteiger partial charge on any atom is -0.310 e. The summed E-state index contributed by atoms with van der Waals surface area (Å²) < 4.78 is 0.